The molecule has 0 aliphatic carbocycles. The standard InChI is InChI=1S/C17H19N3O/c1-12(17-19-15-8-3-4-9-16(15)20-17)18-11-13-6-5-7-14(10-13)21-2/h3-10,12,18H,11H2,1-2H3,(H,19,20). The Kier molecular flexibility index (Phi) is 3.88. The smallest absolute Gasteiger partial charge is 0.124 e. The Morgan fingerprint density at radius 3 is 2.86 bits per heavy atom. The summed E-state index contributed by atoms with van der Waals surface area (Å²) < 4.78 is 5.24. The van der Waals surface area contributed by atoms with Crippen molar-refractivity contribution < 1.29 is 4.74 Å². The number of benzene rings is 2. The molecule has 4 heteroatoms. The molecule has 1 unspecified atom stereocenters. The van der Waals surface area contributed by atoms with Crippen LogP contribution in [0.2, 0.25) is 0 Å². The van der Waals surface area contributed by atoms with Crippen LogP contribution < -0.4 is 10.1 Å². The van der Waals surface area contributed by atoms with E-state index < -0.39 is 0 Å². The minimum Gasteiger partial charge on any atom is -0.497 e. The van der Waals surface area contributed by atoms with Crippen molar-refractivity contribution in [2.24, 2.45) is 0 Å². The van der Waals surface area contributed by atoms with Crippen LogP contribution in [-0.2, 0) is 6.54 Å². The topological polar surface area (TPSA) is 49.9 Å². The summed E-state index contributed by atoms with van der Waals surface area (Å²) in [5.74, 6) is 1.84. The SMILES string of the molecule is COc1cccc(CNC(C)c2nc3ccccc3[nH]2)c1. The number of aromatic amines is 1. The highest BCUT2D eigenvalue weighted by Gasteiger charge is 2.10. The molecule has 1 heterocycles. The highest BCUT2D eigenvalue weighted by molar-refractivity contribution is 5.74. The van der Waals surface area contributed by atoms with Gasteiger partial charge in [-0.2, -0.15) is 0 Å². The van der Waals surface area contributed by atoms with Gasteiger partial charge in [-0.3, -0.25) is 0 Å². The number of ether oxygens (including phenoxy) is 1. The zero-order chi connectivity index (χ0) is 14.7. The molecule has 3 rings (SSSR count). The van der Waals surface area contributed by atoms with E-state index in [2.05, 4.69) is 28.3 Å². The van der Waals surface area contributed by atoms with Crippen LogP contribution in [0.25, 0.3) is 11.0 Å². The van der Waals surface area contributed by atoms with Crippen LogP contribution >= 0.6 is 0 Å². The molecule has 1 aromatic heterocycles. The van der Waals surface area contributed by atoms with Crippen LogP contribution in [0.5, 0.6) is 5.75 Å². The van der Waals surface area contributed by atoms with Gasteiger partial charge < -0.3 is 15.0 Å². The molecule has 0 spiro atoms. The van der Waals surface area contributed by atoms with E-state index in [1.807, 2.05) is 42.5 Å². The van der Waals surface area contributed by atoms with E-state index in [0.29, 0.717) is 0 Å². The maximum atomic E-state index is 5.24. The molecular weight excluding hydrogens is 262 g/mol. The van der Waals surface area contributed by atoms with Gasteiger partial charge in [0.25, 0.3) is 0 Å². The number of nitrogens with zero attached hydrogens (tertiary/aromatic N) is 1. The van der Waals surface area contributed by atoms with E-state index in [4.69, 9.17) is 4.74 Å². The average molecular weight is 281 g/mol. The quantitative estimate of drug-likeness (QED) is 0.753. The zero-order valence-electron chi connectivity index (χ0n) is 12.3. The van der Waals surface area contributed by atoms with Gasteiger partial charge in [0.15, 0.2) is 0 Å². The van der Waals surface area contributed by atoms with Crippen LogP contribution in [0, 0.1) is 0 Å². The minimum atomic E-state index is 0.156. The lowest BCUT2D eigenvalue weighted by molar-refractivity contribution is 0.414. The fraction of sp³-hybridized carbons (Fsp3) is 0.235. The van der Waals surface area contributed by atoms with Gasteiger partial charge in [0.1, 0.15) is 11.6 Å². The number of hydrogen-bond acceptors (Lipinski definition) is 3. The first-order valence-corrected chi connectivity index (χ1v) is 7.07. The number of H-pyrrole nitrogens is 1. The van der Waals surface area contributed by atoms with Gasteiger partial charge in [-0.15, -0.1) is 0 Å². The van der Waals surface area contributed by atoms with Crippen molar-refractivity contribution in [3.63, 3.8) is 0 Å². The first-order valence-electron chi connectivity index (χ1n) is 7.07. The molecule has 108 valence electrons. The highest BCUT2D eigenvalue weighted by Crippen LogP contribution is 2.17. The Hall–Kier alpha value is -2.33. The van der Waals surface area contributed by atoms with Crippen LogP contribution in [0.3, 0.4) is 0 Å². The molecule has 0 fully saturated rings. The van der Waals surface area contributed by atoms with Crippen LogP contribution in [0.1, 0.15) is 24.4 Å². The van der Waals surface area contributed by atoms with E-state index in [1.54, 1.807) is 7.11 Å². The summed E-state index contributed by atoms with van der Waals surface area (Å²) >= 11 is 0. The van der Waals surface area contributed by atoms with Crippen molar-refractivity contribution in [3.8, 4) is 5.75 Å². The number of rotatable bonds is 5. The Labute approximate surface area is 124 Å². The number of para-hydroxylation sites is 2. The summed E-state index contributed by atoms with van der Waals surface area (Å²) in [5, 5.41) is 3.48. The van der Waals surface area contributed by atoms with Gasteiger partial charge in [-0.05, 0) is 36.8 Å². The molecule has 21 heavy (non-hydrogen) atoms. The normalized spacial score (nSPS) is 12.5. The van der Waals surface area contributed by atoms with Gasteiger partial charge >= 0.3 is 0 Å². The summed E-state index contributed by atoms with van der Waals surface area (Å²) in [4.78, 5) is 7.97. The van der Waals surface area contributed by atoms with Crippen molar-refractivity contribution in [2.75, 3.05) is 7.11 Å². The van der Waals surface area contributed by atoms with E-state index >= 15 is 0 Å². The zero-order valence-corrected chi connectivity index (χ0v) is 12.3. The molecule has 0 bridgehead atoms. The van der Waals surface area contributed by atoms with Gasteiger partial charge in [0.05, 0.1) is 24.2 Å². The first-order chi connectivity index (χ1) is 10.3. The van der Waals surface area contributed by atoms with Gasteiger partial charge in [0.2, 0.25) is 0 Å². The summed E-state index contributed by atoms with van der Waals surface area (Å²) in [6.07, 6.45) is 0. The molecule has 0 saturated carbocycles. The molecule has 3 aromatic rings. The Balaban J connectivity index is 1.69. The minimum absolute atomic E-state index is 0.156. The second-order valence-electron chi connectivity index (χ2n) is 5.09. The number of imidazole rings is 1. The van der Waals surface area contributed by atoms with E-state index in [0.717, 1.165) is 29.2 Å². The van der Waals surface area contributed by atoms with Crippen molar-refractivity contribution in [3.05, 3.63) is 59.9 Å². The van der Waals surface area contributed by atoms with E-state index in [9.17, 15) is 0 Å². The molecular formula is C17H19N3O. The molecule has 0 aliphatic heterocycles. The summed E-state index contributed by atoms with van der Waals surface area (Å²) in [7, 11) is 1.68. The number of fused-ring (bicyclic) bond motifs is 1. The molecule has 0 saturated heterocycles. The monoisotopic (exact) mass is 281 g/mol. The highest BCUT2D eigenvalue weighted by atomic mass is 16.5. The number of aromatic nitrogens is 2. The average Bonchev–Trinajstić information content (AvgIpc) is 2.97. The van der Waals surface area contributed by atoms with Crippen molar-refractivity contribution in [1.29, 1.82) is 0 Å². The molecule has 2 aromatic carbocycles. The third kappa shape index (κ3) is 3.06. The van der Waals surface area contributed by atoms with Crippen LogP contribution in [-0.4, -0.2) is 17.1 Å². The third-order valence-corrected chi connectivity index (χ3v) is 3.56. The maximum Gasteiger partial charge on any atom is 0.124 e. The van der Waals surface area contributed by atoms with E-state index in [1.165, 1.54) is 5.56 Å². The lowest BCUT2D eigenvalue weighted by atomic mass is 10.2. The molecule has 0 radical (unpaired) electrons. The van der Waals surface area contributed by atoms with Crippen LogP contribution in [0.4, 0.5) is 0 Å². The van der Waals surface area contributed by atoms with Crippen LogP contribution in [0.15, 0.2) is 48.5 Å². The lowest BCUT2D eigenvalue weighted by Gasteiger charge is -2.12. The molecule has 0 aliphatic rings. The van der Waals surface area contributed by atoms with Gasteiger partial charge in [-0.25, -0.2) is 4.98 Å². The molecule has 0 amide bonds. The predicted octanol–water partition coefficient (Wildman–Crippen LogP) is 3.42. The van der Waals surface area contributed by atoms with Gasteiger partial charge in [-0.1, -0.05) is 24.3 Å². The fourth-order valence-electron chi connectivity index (χ4n) is 2.33. The predicted molar refractivity (Wildman–Crippen MR) is 84.3 cm³/mol. The fourth-order valence-corrected chi connectivity index (χ4v) is 2.33. The largest absolute Gasteiger partial charge is 0.497 e. The van der Waals surface area contributed by atoms with Crippen molar-refractivity contribution in [2.45, 2.75) is 19.5 Å². The molecule has 2 N–H and O–H groups in total. The maximum absolute atomic E-state index is 5.24. The number of hydrogen-bond donors (Lipinski definition) is 2. The lowest BCUT2D eigenvalue weighted by Crippen LogP contribution is -2.19. The van der Waals surface area contributed by atoms with Gasteiger partial charge in [0, 0.05) is 6.54 Å². The Morgan fingerprint density at radius 1 is 1.19 bits per heavy atom. The second kappa shape index (κ2) is 5.97. The van der Waals surface area contributed by atoms with Crippen molar-refractivity contribution >= 4 is 11.0 Å². The summed E-state index contributed by atoms with van der Waals surface area (Å²) in [5.41, 5.74) is 3.27. The van der Waals surface area contributed by atoms with E-state index in [-0.39, 0.29) is 6.04 Å². The number of nitrogens with one attached hydrogen (secondary N) is 2. The first kappa shape index (κ1) is 13.6. The summed E-state index contributed by atoms with van der Waals surface area (Å²) in [6, 6.07) is 16.3. The third-order valence-electron chi connectivity index (χ3n) is 3.56. The molecule has 1 atom stereocenters. The summed E-state index contributed by atoms with van der Waals surface area (Å²) in [6.45, 7) is 2.88. The number of methoxy groups -OCH3 is 1. The Bertz CT molecular complexity index is 702. The molecule has 4 nitrogen and oxygen atoms in total. The van der Waals surface area contributed by atoms with Crippen molar-refractivity contribution in [1.82, 2.24) is 15.3 Å². The second-order valence-corrected chi connectivity index (χ2v) is 5.09. The Morgan fingerprint density at radius 2 is 2.05 bits per heavy atom.